The maximum Gasteiger partial charge on any atom is 0.193 e. The van der Waals surface area contributed by atoms with Crippen molar-refractivity contribution in [1.82, 2.24) is 4.90 Å². The molecule has 3 aliphatic carbocycles. The first-order valence-electron chi connectivity index (χ1n) is 21.1. The molecular weight excluding hydrogens is 711 g/mol. The second-order valence-corrected chi connectivity index (χ2v) is 17.2. The highest BCUT2D eigenvalue weighted by molar-refractivity contribution is 6.10. The quantitative estimate of drug-likeness (QED) is 0.0925. The number of aliphatic hydroxyl groups excluding tert-OH is 2. The standard InChI is InChI=1S/C50H61NO6/c1-36-11-9-26-49(2)47(25-27-50(49,55)35-51(32-44-16-10-28-57-44)31-43(53)34-56-33-37-12-5-3-6-13-37)45-24-18-38(29-42(52)23-17-36)30-46(45)48(54)41-21-19-40(20-22-41)39-14-7-4-8-15-39/h3-8,11-15,18-22,24,30,42-44,47,52-53,55H,9-10,16-17,23,25-29,31-35H2,1-2H3. The molecule has 0 amide bonds. The number of fused-ring (bicyclic) bond motifs is 8. The minimum Gasteiger partial charge on any atom is -0.393 e. The van der Waals surface area contributed by atoms with Crippen molar-refractivity contribution in [2.24, 2.45) is 5.41 Å². The minimum absolute atomic E-state index is 0.0415. The first-order valence-corrected chi connectivity index (χ1v) is 21.1. The van der Waals surface area contributed by atoms with Gasteiger partial charge in [-0.2, -0.15) is 0 Å². The van der Waals surface area contributed by atoms with Crippen LogP contribution in [0.15, 0.2) is 115 Å². The third-order valence-corrected chi connectivity index (χ3v) is 13.0. The van der Waals surface area contributed by atoms with Gasteiger partial charge in [-0.25, -0.2) is 0 Å². The van der Waals surface area contributed by atoms with Crippen molar-refractivity contribution < 1.29 is 29.6 Å². The fraction of sp³-hybridized carbons (Fsp3) is 0.460. The molecule has 0 spiro atoms. The predicted octanol–water partition coefficient (Wildman–Crippen LogP) is 8.68. The molecule has 302 valence electrons. The fourth-order valence-corrected chi connectivity index (χ4v) is 9.68. The van der Waals surface area contributed by atoms with Crippen LogP contribution in [0.2, 0.25) is 0 Å². The van der Waals surface area contributed by atoms with Crippen LogP contribution in [0.1, 0.15) is 104 Å². The zero-order valence-electron chi connectivity index (χ0n) is 33.8. The van der Waals surface area contributed by atoms with Crippen molar-refractivity contribution >= 4 is 5.78 Å². The van der Waals surface area contributed by atoms with Gasteiger partial charge in [-0.1, -0.05) is 116 Å². The summed E-state index contributed by atoms with van der Waals surface area (Å²) < 4.78 is 12.1. The van der Waals surface area contributed by atoms with Crippen LogP contribution in [0.25, 0.3) is 11.1 Å². The van der Waals surface area contributed by atoms with E-state index in [9.17, 15) is 20.1 Å². The lowest BCUT2D eigenvalue weighted by Gasteiger charge is -2.46. The number of ether oxygens (including phenoxy) is 2. The summed E-state index contributed by atoms with van der Waals surface area (Å²) in [6.07, 6.45) is 7.76. The molecule has 1 aliphatic heterocycles. The molecule has 4 aliphatic rings. The SMILES string of the molecule is CC1=CCCC2(C)C(CCC2(O)CN(CC(O)COCc2ccccc2)CC2CCCO2)c2ccc(cc2C(=O)c2ccc(-c3ccccc3)cc2)CC(O)CC1. The van der Waals surface area contributed by atoms with Gasteiger partial charge in [-0.05, 0) is 105 Å². The number of carbonyl (C=O) groups is 1. The Kier molecular flexibility index (Phi) is 13.6. The molecule has 3 N–H and O–H groups in total. The highest BCUT2D eigenvalue weighted by atomic mass is 16.5. The number of rotatable bonds is 13. The zero-order chi connectivity index (χ0) is 39.8. The zero-order valence-corrected chi connectivity index (χ0v) is 33.8. The summed E-state index contributed by atoms with van der Waals surface area (Å²) in [6.45, 7) is 7.08. The summed E-state index contributed by atoms with van der Waals surface area (Å²) >= 11 is 0. The van der Waals surface area contributed by atoms with E-state index < -0.39 is 23.2 Å². The molecule has 2 bridgehead atoms. The van der Waals surface area contributed by atoms with Gasteiger partial charge in [0, 0.05) is 42.8 Å². The summed E-state index contributed by atoms with van der Waals surface area (Å²) in [4.78, 5) is 16.9. The summed E-state index contributed by atoms with van der Waals surface area (Å²) in [5.74, 6) is -0.135. The largest absolute Gasteiger partial charge is 0.393 e. The Labute approximate surface area is 339 Å². The summed E-state index contributed by atoms with van der Waals surface area (Å²) in [6, 6.07) is 34.2. The van der Waals surface area contributed by atoms with E-state index in [1.807, 2.05) is 78.9 Å². The van der Waals surface area contributed by atoms with Crippen LogP contribution in [-0.2, 0) is 22.5 Å². The molecule has 1 saturated heterocycles. The van der Waals surface area contributed by atoms with Crippen LogP contribution in [0, 0.1) is 5.41 Å². The molecule has 1 saturated carbocycles. The first-order chi connectivity index (χ1) is 27.6. The molecule has 6 unspecified atom stereocenters. The van der Waals surface area contributed by atoms with Crippen molar-refractivity contribution in [2.45, 2.75) is 108 Å². The van der Waals surface area contributed by atoms with Crippen LogP contribution < -0.4 is 0 Å². The number of hydrogen-bond donors (Lipinski definition) is 3. The molecule has 0 aromatic heterocycles. The Morgan fingerprint density at radius 3 is 2.40 bits per heavy atom. The lowest BCUT2D eigenvalue weighted by Crippen LogP contribution is -2.55. The monoisotopic (exact) mass is 771 g/mol. The number of ketones is 1. The third kappa shape index (κ3) is 10.0. The summed E-state index contributed by atoms with van der Waals surface area (Å²) in [5.41, 5.74) is 5.93. The Balaban J connectivity index is 1.19. The van der Waals surface area contributed by atoms with Gasteiger partial charge >= 0.3 is 0 Å². The average Bonchev–Trinajstić information content (AvgIpc) is 3.82. The molecule has 2 fully saturated rings. The van der Waals surface area contributed by atoms with E-state index >= 15 is 0 Å². The van der Waals surface area contributed by atoms with Gasteiger partial charge in [0.1, 0.15) is 0 Å². The van der Waals surface area contributed by atoms with Crippen LogP contribution in [0.4, 0.5) is 0 Å². The van der Waals surface area contributed by atoms with Crippen LogP contribution >= 0.6 is 0 Å². The fourth-order valence-electron chi connectivity index (χ4n) is 9.68. The van der Waals surface area contributed by atoms with Crippen LogP contribution in [0.5, 0.6) is 0 Å². The van der Waals surface area contributed by atoms with E-state index in [-0.39, 0.29) is 24.4 Å². The number of aliphatic hydroxyl groups is 3. The van der Waals surface area contributed by atoms with Gasteiger partial charge in [-0.3, -0.25) is 9.69 Å². The number of hydrogen-bond acceptors (Lipinski definition) is 7. The number of nitrogens with zero attached hydrogens (tertiary/aromatic N) is 1. The molecule has 6 atom stereocenters. The van der Waals surface area contributed by atoms with Crippen molar-refractivity contribution in [3.05, 3.63) is 143 Å². The third-order valence-electron chi connectivity index (χ3n) is 13.0. The lowest BCUT2D eigenvalue weighted by atomic mass is 9.64. The molecule has 7 heteroatoms. The average molecular weight is 772 g/mol. The van der Waals surface area contributed by atoms with Crippen molar-refractivity contribution in [3.8, 4) is 11.1 Å². The molecule has 1 heterocycles. The second-order valence-electron chi connectivity index (χ2n) is 17.2. The first kappa shape index (κ1) is 41.2. The Bertz CT molecular complexity index is 1940. The van der Waals surface area contributed by atoms with Crippen molar-refractivity contribution in [2.75, 3.05) is 32.8 Å². The van der Waals surface area contributed by atoms with E-state index in [1.165, 1.54) is 5.57 Å². The van der Waals surface area contributed by atoms with Crippen LogP contribution in [-0.4, -0.2) is 82.8 Å². The van der Waals surface area contributed by atoms with E-state index in [0.29, 0.717) is 56.6 Å². The van der Waals surface area contributed by atoms with Gasteiger partial charge in [-0.15, -0.1) is 0 Å². The number of benzene rings is 4. The Morgan fingerprint density at radius 2 is 1.67 bits per heavy atom. The maximum absolute atomic E-state index is 14.7. The number of allylic oxidation sites excluding steroid dienone is 2. The van der Waals surface area contributed by atoms with Crippen molar-refractivity contribution in [1.29, 1.82) is 0 Å². The minimum atomic E-state index is -1.10. The Morgan fingerprint density at radius 1 is 0.930 bits per heavy atom. The second kappa shape index (κ2) is 18.8. The molecule has 7 nitrogen and oxygen atoms in total. The normalized spacial score (nSPS) is 25.9. The van der Waals surface area contributed by atoms with Crippen LogP contribution in [0.3, 0.4) is 0 Å². The smallest absolute Gasteiger partial charge is 0.193 e. The molecule has 4 aromatic carbocycles. The van der Waals surface area contributed by atoms with Crippen molar-refractivity contribution in [3.63, 3.8) is 0 Å². The topological polar surface area (TPSA) is 99.5 Å². The summed E-state index contributed by atoms with van der Waals surface area (Å²) in [5, 5.41) is 35.5. The summed E-state index contributed by atoms with van der Waals surface area (Å²) in [7, 11) is 0. The molecular formula is C50H61NO6. The predicted molar refractivity (Wildman–Crippen MR) is 226 cm³/mol. The highest BCUT2D eigenvalue weighted by Gasteiger charge is 2.57. The highest BCUT2D eigenvalue weighted by Crippen LogP contribution is 2.59. The van der Waals surface area contributed by atoms with E-state index in [0.717, 1.165) is 72.9 Å². The van der Waals surface area contributed by atoms with Gasteiger partial charge in [0.2, 0.25) is 0 Å². The van der Waals surface area contributed by atoms with Gasteiger partial charge in [0.05, 0.1) is 37.1 Å². The lowest BCUT2D eigenvalue weighted by molar-refractivity contribution is -0.0961. The van der Waals surface area contributed by atoms with Gasteiger partial charge < -0.3 is 24.8 Å². The van der Waals surface area contributed by atoms with Gasteiger partial charge in [0.15, 0.2) is 5.78 Å². The van der Waals surface area contributed by atoms with E-state index in [2.05, 4.69) is 49.1 Å². The molecule has 8 rings (SSSR count). The molecule has 57 heavy (non-hydrogen) atoms. The molecule has 4 aromatic rings. The Hall–Kier alpha value is -3.95. The number of carbonyl (C=O) groups excluding carboxylic acids is 1. The maximum atomic E-state index is 14.7. The van der Waals surface area contributed by atoms with Gasteiger partial charge in [0.25, 0.3) is 0 Å². The van der Waals surface area contributed by atoms with E-state index in [1.54, 1.807) is 0 Å². The van der Waals surface area contributed by atoms with E-state index in [4.69, 9.17) is 9.47 Å². The molecule has 0 radical (unpaired) electrons.